The van der Waals surface area contributed by atoms with Crippen molar-refractivity contribution in [1.29, 1.82) is 0 Å². The lowest BCUT2D eigenvalue weighted by molar-refractivity contribution is -0.939. The lowest BCUT2D eigenvalue weighted by atomic mass is 9.66. The van der Waals surface area contributed by atoms with Gasteiger partial charge in [0.25, 0.3) is 5.91 Å². The molecule has 36 heavy (non-hydrogen) atoms. The SMILES string of the molecule is O=C(C[N+]12CCC(CC1)[C@@H](OC(=O)C(O)(C1CCCCC1)C1CCCCC1)C2)Nc1cncnc1.[Br-]. The van der Waals surface area contributed by atoms with Crippen LogP contribution in [0.5, 0.6) is 0 Å². The highest BCUT2D eigenvalue weighted by Crippen LogP contribution is 2.45. The molecule has 200 valence electrons. The molecule has 4 heterocycles. The number of amides is 1. The number of aliphatic hydroxyl groups is 1. The number of esters is 1. The maximum Gasteiger partial charge on any atom is 0.339 e. The lowest BCUT2D eigenvalue weighted by Gasteiger charge is -2.52. The Kier molecular flexibility index (Phi) is 9.05. The molecule has 1 amide bonds. The van der Waals surface area contributed by atoms with E-state index in [1.807, 2.05) is 0 Å². The maximum atomic E-state index is 13.8. The van der Waals surface area contributed by atoms with Crippen molar-refractivity contribution in [2.24, 2.45) is 17.8 Å². The fourth-order valence-electron chi connectivity index (χ4n) is 7.43. The average molecular weight is 566 g/mol. The number of quaternary nitrogens is 1. The van der Waals surface area contributed by atoms with Crippen LogP contribution in [0.2, 0.25) is 0 Å². The van der Waals surface area contributed by atoms with Gasteiger partial charge in [0.15, 0.2) is 18.2 Å². The van der Waals surface area contributed by atoms with Gasteiger partial charge in [-0.15, -0.1) is 0 Å². The summed E-state index contributed by atoms with van der Waals surface area (Å²) in [4.78, 5) is 34.6. The Hall–Kier alpha value is -1.58. The largest absolute Gasteiger partial charge is 1.00 e. The van der Waals surface area contributed by atoms with Gasteiger partial charge in [-0.05, 0) is 37.5 Å². The number of nitrogens with one attached hydrogen (secondary N) is 1. The van der Waals surface area contributed by atoms with E-state index in [1.165, 1.54) is 19.2 Å². The smallest absolute Gasteiger partial charge is 0.339 e. The molecule has 5 fully saturated rings. The summed E-state index contributed by atoms with van der Waals surface area (Å²) in [6.45, 7) is 2.85. The van der Waals surface area contributed by atoms with Crippen LogP contribution in [0.25, 0.3) is 0 Å². The predicted octanol–water partition coefficient (Wildman–Crippen LogP) is 0.463. The van der Waals surface area contributed by atoms with Crippen molar-refractivity contribution in [2.75, 3.05) is 31.5 Å². The van der Waals surface area contributed by atoms with Crippen molar-refractivity contribution in [3.8, 4) is 0 Å². The van der Waals surface area contributed by atoms with E-state index in [-0.39, 0.29) is 46.8 Å². The van der Waals surface area contributed by atoms with Gasteiger partial charge >= 0.3 is 5.97 Å². The highest BCUT2D eigenvalue weighted by Gasteiger charge is 2.54. The van der Waals surface area contributed by atoms with Gasteiger partial charge in [-0.1, -0.05) is 38.5 Å². The Labute approximate surface area is 225 Å². The highest BCUT2D eigenvalue weighted by atomic mass is 79.9. The van der Waals surface area contributed by atoms with Gasteiger partial charge in [0.2, 0.25) is 0 Å². The molecule has 3 saturated heterocycles. The number of ether oxygens (including phenoxy) is 1. The lowest BCUT2D eigenvalue weighted by Crippen LogP contribution is -3.00. The van der Waals surface area contributed by atoms with Crippen LogP contribution < -0.4 is 22.3 Å². The van der Waals surface area contributed by atoms with E-state index in [4.69, 9.17) is 4.74 Å². The number of rotatable bonds is 7. The summed E-state index contributed by atoms with van der Waals surface area (Å²) in [6, 6.07) is 0. The molecule has 8 nitrogen and oxygen atoms in total. The molecular weight excluding hydrogens is 524 g/mol. The van der Waals surface area contributed by atoms with E-state index in [1.54, 1.807) is 12.4 Å². The van der Waals surface area contributed by atoms with Crippen LogP contribution in [0.4, 0.5) is 5.69 Å². The molecule has 0 spiro atoms. The molecule has 2 aliphatic carbocycles. The van der Waals surface area contributed by atoms with Crippen molar-refractivity contribution < 1.29 is 40.9 Å². The molecule has 0 aromatic carbocycles. The summed E-state index contributed by atoms with van der Waals surface area (Å²) in [5.41, 5.74) is -0.766. The Morgan fingerprint density at radius 2 is 1.50 bits per heavy atom. The molecule has 6 rings (SSSR count). The van der Waals surface area contributed by atoms with Crippen LogP contribution in [-0.2, 0) is 14.3 Å². The first-order valence-corrected chi connectivity index (χ1v) is 13.8. The summed E-state index contributed by atoms with van der Waals surface area (Å²) in [7, 11) is 0. The summed E-state index contributed by atoms with van der Waals surface area (Å²) in [6.07, 6.45) is 16.7. The first kappa shape index (κ1) is 27.5. The number of hydrogen-bond donors (Lipinski definition) is 2. The Balaban J connectivity index is 0.00000304. The van der Waals surface area contributed by atoms with E-state index >= 15 is 0 Å². The van der Waals surface area contributed by atoms with Crippen LogP contribution in [0.15, 0.2) is 18.7 Å². The first-order valence-electron chi connectivity index (χ1n) is 13.8. The molecule has 1 atom stereocenters. The van der Waals surface area contributed by atoms with Gasteiger partial charge in [0.1, 0.15) is 12.9 Å². The maximum absolute atomic E-state index is 13.8. The number of hydrogen-bond acceptors (Lipinski definition) is 6. The first-order chi connectivity index (χ1) is 17.0. The third kappa shape index (κ3) is 5.78. The number of halogens is 1. The van der Waals surface area contributed by atoms with E-state index < -0.39 is 5.60 Å². The third-order valence-corrected chi connectivity index (χ3v) is 9.41. The number of carbonyl (C=O) groups excluding carboxylic acids is 2. The fraction of sp³-hybridized carbons (Fsp3) is 0.778. The van der Waals surface area contributed by atoms with Crippen LogP contribution in [0.3, 0.4) is 0 Å². The van der Waals surface area contributed by atoms with Crippen LogP contribution in [0, 0.1) is 17.8 Å². The minimum atomic E-state index is -1.36. The average Bonchev–Trinajstić information content (AvgIpc) is 2.90. The molecule has 3 aliphatic heterocycles. The number of aromatic nitrogens is 2. The number of piperidine rings is 3. The topological polar surface area (TPSA) is 101 Å². The zero-order valence-corrected chi connectivity index (χ0v) is 22.8. The van der Waals surface area contributed by atoms with E-state index in [0.29, 0.717) is 29.2 Å². The van der Waals surface area contributed by atoms with E-state index in [9.17, 15) is 14.7 Å². The van der Waals surface area contributed by atoms with Crippen molar-refractivity contribution >= 4 is 17.6 Å². The fourth-order valence-corrected chi connectivity index (χ4v) is 7.43. The number of anilines is 1. The van der Waals surface area contributed by atoms with Gasteiger partial charge in [-0.3, -0.25) is 4.79 Å². The molecule has 9 heteroatoms. The van der Waals surface area contributed by atoms with E-state index in [2.05, 4.69) is 15.3 Å². The van der Waals surface area contributed by atoms with Gasteiger partial charge in [-0.2, -0.15) is 0 Å². The second-order valence-electron chi connectivity index (χ2n) is 11.6. The summed E-state index contributed by atoms with van der Waals surface area (Å²) >= 11 is 0. The van der Waals surface area contributed by atoms with Gasteiger partial charge in [0.05, 0.1) is 31.2 Å². The molecule has 2 bridgehead atoms. The molecule has 0 unspecified atom stereocenters. The van der Waals surface area contributed by atoms with E-state index in [0.717, 1.165) is 77.3 Å². The quantitative estimate of drug-likeness (QED) is 0.368. The molecule has 1 aromatic rings. The molecule has 0 radical (unpaired) electrons. The Bertz CT molecular complexity index is 863. The number of nitrogens with zero attached hydrogens (tertiary/aromatic N) is 3. The number of carbonyl (C=O) groups is 2. The zero-order chi connectivity index (χ0) is 24.3. The van der Waals surface area contributed by atoms with Gasteiger partial charge in [-0.25, -0.2) is 14.8 Å². The van der Waals surface area contributed by atoms with Gasteiger partial charge in [0, 0.05) is 18.8 Å². The van der Waals surface area contributed by atoms with Crippen LogP contribution in [0.1, 0.15) is 77.0 Å². The minimum absolute atomic E-state index is 0. The zero-order valence-electron chi connectivity index (χ0n) is 21.2. The van der Waals surface area contributed by atoms with Crippen LogP contribution >= 0.6 is 0 Å². The standard InChI is InChI=1S/C27H40N4O4.BrH/c32-25(30-23-15-28-19-29-16-23)18-31-13-11-20(12-14-31)24(17-31)35-26(33)27(34,21-7-3-1-4-8-21)22-9-5-2-6-10-22;/h15-16,19-22,24,34H,1-14,17-18H2;1H/t20?,24-,31?;/m0./s1. The van der Waals surface area contributed by atoms with Crippen molar-refractivity contribution in [1.82, 2.24) is 9.97 Å². The molecular formula is C27H41BrN4O4. The minimum Gasteiger partial charge on any atom is -1.00 e. The van der Waals surface area contributed by atoms with Crippen molar-refractivity contribution in [3.63, 3.8) is 0 Å². The Morgan fingerprint density at radius 3 is 2.06 bits per heavy atom. The summed E-state index contributed by atoms with van der Waals surface area (Å²) in [5.74, 6) is -0.0957. The highest BCUT2D eigenvalue weighted by molar-refractivity contribution is 5.91. The monoisotopic (exact) mass is 564 g/mol. The van der Waals surface area contributed by atoms with Crippen LogP contribution in [-0.4, -0.2) is 69.3 Å². The summed E-state index contributed by atoms with van der Waals surface area (Å²) in [5, 5.41) is 15.0. The van der Waals surface area contributed by atoms with Crippen molar-refractivity contribution in [3.05, 3.63) is 18.7 Å². The third-order valence-electron chi connectivity index (χ3n) is 9.41. The number of fused-ring (bicyclic) bond motifs is 3. The predicted molar refractivity (Wildman–Crippen MR) is 131 cm³/mol. The molecule has 2 saturated carbocycles. The molecule has 2 N–H and O–H groups in total. The second kappa shape index (κ2) is 11.9. The Morgan fingerprint density at radius 1 is 0.944 bits per heavy atom. The second-order valence-corrected chi connectivity index (χ2v) is 11.6. The summed E-state index contributed by atoms with van der Waals surface area (Å²) < 4.78 is 6.90. The molecule has 1 aromatic heterocycles. The van der Waals surface area contributed by atoms with Gasteiger partial charge < -0.3 is 36.6 Å². The normalized spacial score (nSPS) is 29.2. The molecule has 5 aliphatic rings. The van der Waals surface area contributed by atoms with Crippen molar-refractivity contribution in [2.45, 2.75) is 88.8 Å².